The molecule has 5 rings (SSSR count). The highest BCUT2D eigenvalue weighted by Gasteiger charge is 2.37. The zero-order valence-corrected chi connectivity index (χ0v) is 19.2. The van der Waals surface area contributed by atoms with Gasteiger partial charge in [-0.2, -0.15) is 0 Å². The van der Waals surface area contributed by atoms with Gasteiger partial charge in [0.2, 0.25) is 0 Å². The molecule has 0 radical (unpaired) electrons. The van der Waals surface area contributed by atoms with Crippen molar-refractivity contribution in [3.05, 3.63) is 92.5 Å². The van der Waals surface area contributed by atoms with Crippen molar-refractivity contribution in [2.75, 3.05) is 16.8 Å². The first kappa shape index (κ1) is 23.3. The third kappa shape index (κ3) is 4.04. The lowest BCUT2D eigenvalue weighted by molar-refractivity contribution is 0.0958. The molecule has 2 aliphatic rings. The Morgan fingerprint density at radius 2 is 1.77 bits per heavy atom. The van der Waals surface area contributed by atoms with Crippen molar-refractivity contribution in [3.63, 3.8) is 0 Å². The van der Waals surface area contributed by atoms with Crippen LogP contribution in [0, 0.1) is 11.6 Å². The van der Waals surface area contributed by atoms with Crippen LogP contribution in [0.4, 0.5) is 33.7 Å². The fourth-order valence-electron chi connectivity index (χ4n) is 4.51. The number of hydrogen-bond donors (Lipinski definition) is 3. The molecule has 0 aliphatic carbocycles. The normalized spacial score (nSPS) is 18.5. The minimum Gasteiger partial charge on any atom is -0.386 e. The monoisotopic (exact) mass is 549 g/mol. The molecule has 2 aliphatic heterocycles. The van der Waals surface area contributed by atoms with E-state index in [0.717, 1.165) is 30.3 Å². The number of benzene rings is 3. The Morgan fingerprint density at radius 1 is 1.09 bits per heavy atom. The van der Waals surface area contributed by atoms with Crippen LogP contribution in [0.2, 0.25) is 0 Å². The Balaban J connectivity index is 1.56. The van der Waals surface area contributed by atoms with Crippen molar-refractivity contribution < 1.29 is 32.3 Å². The number of halogens is 5. The molecular weight excluding hydrogens is 534 g/mol. The zero-order valence-electron chi connectivity index (χ0n) is 17.7. The number of nitrogens with one attached hydrogen (secondary N) is 2. The molecule has 2 heterocycles. The van der Waals surface area contributed by atoms with E-state index in [4.69, 9.17) is 0 Å². The van der Waals surface area contributed by atoms with Gasteiger partial charge in [0.15, 0.2) is 0 Å². The van der Waals surface area contributed by atoms with Crippen LogP contribution >= 0.6 is 15.9 Å². The van der Waals surface area contributed by atoms with Crippen molar-refractivity contribution in [3.8, 4) is 0 Å². The predicted octanol–water partition coefficient (Wildman–Crippen LogP) is 5.58. The maximum absolute atomic E-state index is 14.0. The van der Waals surface area contributed by atoms with E-state index >= 15 is 0 Å². The summed E-state index contributed by atoms with van der Waals surface area (Å²) in [6.45, 7) is -0.138. The van der Waals surface area contributed by atoms with Crippen LogP contribution in [0.5, 0.6) is 0 Å². The average Bonchev–Trinajstić information content (AvgIpc) is 3.30. The first-order valence-corrected chi connectivity index (χ1v) is 11.2. The third-order valence-corrected chi connectivity index (χ3v) is 6.49. The number of alkyl halides is 2. The van der Waals surface area contributed by atoms with Crippen LogP contribution in [0.1, 0.15) is 51.2 Å². The van der Waals surface area contributed by atoms with Crippen molar-refractivity contribution in [2.24, 2.45) is 0 Å². The van der Waals surface area contributed by atoms with Crippen molar-refractivity contribution in [1.29, 1.82) is 0 Å². The summed E-state index contributed by atoms with van der Waals surface area (Å²) in [6, 6.07) is 7.57. The van der Waals surface area contributed by atoms with Gasteiger partial charge in [0.1, 0.15) is 11.6 Å². The fourth-order valence-corrected chi connectivity index (χ4v) is 4.97. The highest BCUT2D eigenvalue weighted by molar-refractivity contribution is 9.10. The Bertz CT molecular complexity index is 1380. The standard InChI is InChI=1S/C24H16BrF4N3O3/c25-10-5-16-20(21(31-23(16)34)14-7-11(26)1-3-13(14)22(28)29)17(6-10)30-24(35)32-9-19(33)15-8-12(27)2-4-18(15)32/h1-8,19,21-22,33H,9H2,(H,30,35)(H,31,34). The molecule has 3 aromatic carbocycles. The van der Waals surface area contributed by atoms with Crippen LogP contribution in [-0.4, -0.2) is 23.6 Å². The Labute approximate surface area is 204 Å². The van der Waals surface area contributed by atoms with Gasteiger partial charge in [-0.05, 0) is 48.0 Å². The molecule has 0 saturated heterocycles. The Kier molecular flexibility index (Phi) is 5.76. The molecule has 6 nitrogen and oxygen atoms in total. The van der Waals surface area contributed by atoms with E-state index in [1.54, 1.807) is 0 Å². The first-order valence-electron chi connectivity index (χ1n) is 10.4. The maximum atomic E-state index is 14.0. The van der Waals surface area contributed by atoms with Gasteiger partial charge in [0.25, 0.3) is 12.3 Å². The van der Waals surface area contributed by atoms with Crippen molar-refractivity contribution >= 4 is 39.2 Å². The molecule has 0 bridgehead atoms. The van der Waals surface area contributed by atoms with E-state index in [-0.39, 0.29) is 34.5 Å². The summed E-state index contributed by atoms with van der Waals surface area (Å²) in [5, 5.41) is 15.5. The molecule has 35 heavy (non-hydrogen) atoms. The highest BCUT2D eigenvalue weighted by Crippen LogP contribution is 2.42. The second kappa shape index (κ2) is 8.65. The quantitative estimate of drug-likeness (QED) is 0.373. The molecule has 0 spiro atoms. The van der Waals surface area contributed by atoms with Crippen LogP contribution < -0.4 is 15.5 Å². The van der Waals surface area contributed by atoms with Gasteiger partial charge in [0.05, 0.1) is 24.4 Å². The molecule has 0 aromatic heterocycles. The number of carbonyl (C=O) groups is 2. The molecule has 3 N–H and O–H groups in total. The van der Waals surface area contributed by atoms with E-state index in [1.807, 2.05) is 0 Å². The molecule has 0 saturated carbocycles. The van der Waals surface area contributed by atoms with E-state index in [2.05, 4.69) is 26.6 Å². The summed E-state index contributed by atoms with van der Waals surface area (Å²) < 4.78 is 55.5. The SMILES string of the molecule is O=C1NC(c2cc(F)ccc2C(F)F)c2c(NC(=O)N3CC(O)c4cc(F)ccc43)cc(Br)cc21. The second-order valence-corrected chi connectivity index (χ2v) is 9.07. The molecule has 11 heteroatoms. The maximum Gasteiger partial charge on any atom is 0.326 e. The number of urea groups is 1. The first-order chi connectivity index (χ1) is 16.6. The largest absolute Gasteiger partial charge is 0.386 e. The van der Waals surface area contributed by atoms with Gasteiger partial charge in [-0.3, -0.25) is 9.69 Å². The summed E-state index contributed by atoms with van der Waals surface area (Å²) in [5.41, 5.74) is 0.392. The van der Waals surface area contributed by atoms with Crippen LogP contribution in [0.15, 0.2) is 53.0 Å². The van der Waals surface area contributed by atoms with Crippen LogP contribution in [-0.2, 0) is 0 Å². The lowest BCUT2D eigenvalue weighted by Crippen LogP contribution is -2.34. The van der Waals surface area contributed by atoms with Crippen LogP contribution in [0.3, 0.4) is 0 Å². The molecule has 3 amide bonds. The number of nitrogens with zero attached hydrogens (tertiary/aromatic N) is 1. The average molecular weight is 550 g/mol. The van der Waals surface area contributed by atoms with Crippen LogP contribution in [0.25, 0.3) is 0 Å². The highest BCUT2D eigenvalue weighted by atomic mass is 79.9. The minimum atomic E-state index is -2.93. The van der Waals surface area contributed by atoms with Gasteiger partial charge in [0, 0.05) is 32.4 Å². The second-order valence-electron chi connectivity index (χ2n) is 8.15. The number of β-amino-alcohol motifs (C(OH)–C–C–N with tert-alkyl or cyclic N) is 1. The molecule has 180 valence electrons. The van der Waals surface area contributed by atoms with Crippen molar-refractivity contribution in [2.45, 2.75) is 18.6 Å². The molecule has 2 unspecified atom stereocenters. The molecule has 0 fully saturated rings. The van der Waals surface area contributed by atoms with E-state index < -0.39 is 47.7 Å². The zero-order chi connectivity index (χ0) is 25.0. The summed E-state index contributed by atoms with van der Waals surface area (Å²) in [6.07, 6.45) is -4.03. The van der Waals surface area contributed by atoms with Gasteiger partial charge in [-0.15, -0.1) is 0 Å². The predicted molar refractivity (Wildman–Crippen MR) is 123 cm³/mol. The summed E-state index contributed by atoms with van der Waals surface area (Å²) >= 11 is 3.28. The number of aliphatic hydroxyl groups excluding tert-OH is 1. The van der Waals surface area contributed by atoms with Gasteiger partial charge in [-0.1, -0.05) is 22.0 Å². The van der Waals surface area contributed by atoms with E-state index in [0.29, 0.717) is 10.2 Å². The number of fused-ring (bicyclic) bond motifs is 2. The lowest BCUT2D eigenvalue weighted by Gasteiger charge is -2.22. The summed E-state index contributed by atoms with van der Waals surface area (Å²) in [5.74, 6) is -1.90. The van der Waals surface area contributed by atoms with E-state index in [1.165, 1.54) is 23.1 Å². The Morgan fingerprint density at radius 3 is 2.49 bits per heavy atom. The Hall–Kier alpha value is -3.44. The van der Waals surface area contributed by atoms with E-state index in [9.17, 15) is 32.3 Å². The number of rotatable bonds is 3. The fraction of sp³-hybridized carbons (Fsp3) is 0.167. The molecular formula is C24H16BrF4N3O3. The van der Waals surface area contributed by atoms with Gasteiger partial charge in [-0.25, -0.2) is 22.4 Å². The third-order valence-electron chi connectivity index (χ3n) is 6.03. The minimum absolute atomic E-state index is 0.119. The molecule has 3 aromatic rings. The number of aliphatic hydroxyl groups is 1. The summed E-state index contributed by atoms with van der Waals surface area (Å²) in [4.78, 5) is 27.1. The lowest BCUT2D eigenvalue weighted by atomic mass is 9.93. The van der Waals surface area contributed by atoms with Crippen molar-refractivity contribution in [1.82, 2.24) is 5.32 Å². The smallest absolute Gasteiger partial charge is 0.326 e. The summed E-state index contributed by atoms with van der Waals surface area (Å²) in [7, 11) is 0. The topological polar surface area (TPSA) is 81.7 Å². The number of amides is 3. The number of anilines is 2. The number of hydrogen-bond acceptors (Lipinski definition) is 3. The van der Waals surface area contributed by atoms with Gasteiger partial charge >= 0.3 is 6.03 Å². The molecule has 2 atom stereocenters. The van der Waals surface area contributed by atoms with Gasteiger partial charge < -0.3 is 15.7 Å². The number of carbonyl (C=O) groups excluding carboxylic acids is 2.